The number of allylic oxidation sites excluding steroid dienone is 8. The Morgan fingerprint density at radius 3 is 0.865 bits per heavy atom. The second-order valence-electron chi connectivity index (χ2n) is 8.59. The van der Waals surface area contributed by atoms with E-state index in [1.54, 1.807) is 10.6 Å². The molecule has 0 aliphatic heterocycles. The van der Waals surface area contributed by atoms with Gasteiger partial charge in [-0.05, 0) is 60.5 Å². The molecule has 6 rings (SSSR count). The van der Waals surface area contributed by atoms with E-state index >= 15 is 0 Å². The first kappa shape index (κ1) is 27.4. The minimum Gasteiger partial charge on any atom is -0.0801 e. The van der Waals surface area contributed by atoms with Crippen molar-refractivity contribution >= 4 is 37.1 Å². The van der Waals surface area contributed by atoms with E-state index in [0.29, 0.717) is 0 Å². The standard InChI is InChI=1S/2C17H15P.Pd/c2*1-3-9-15(10-4-1)18(17-13-7-8-14-17)16-11-5-2-6-12-16;/h2*1-13H,14H2;/q;;+2. The van der Waals surface area contributed by atoms with Gasteiger partial charge in [-0.15, -0.1) is 0 Å². The summed E-state index contributed by atoms with van der Waals surface area (Å²) in [6, 6.07) is 43.4. The van der Waals surface area contributed by atoms with Gasteiger partial charge in [0.15, 0.2) is 0 Å². The third-order valence-electron chi connectivity index (χ3n) is 6.14. The molecule has 0 saturated carbocycles. The van der Waals surface area contributed by atoms with Crippen LogP contribution < -0.4 is 21.2 Å². The van der Waals surface area contributed by atoms with Crippen LogP contribution in [0.3, 0.4) is 0 Å². The molecule has 184 valence electrons. The monoisotopic (exact) mass is 606 g/mol. The van der Waals surface area contributed by atoms with E-state index in [2.05, 4.69) is 158 Å². The quantitative estimate of drug-likeness (QED) is 0.155. The van der Waals surface area contributed by atoms with E-state index in [0.717, 1.165) is 12.8 Å². The number of rotatable bonds is 6. The molecule has 0 bridgehead atoms. The molecule has 37 heavy (non-hydrogen) atoms. The predicted octanol–water partition coefficient (Wildman–Crippen LogP) is 7.92. The van der Waals surface area contributed by atoms with Crippen LogP contribution in [0.4, 0.5) is 0 Å². The summed E-state index contributed by atoms with van der Waals surface area (Å²) >= 11 is 0. The minimum absolute atomic E-state index is 0. The first-order valence-electron chi connectivity index (χ1n) is 12.4. The van der Waals surface area contributed by atoms with Gasteiger partial charge in [0.1, 0.15) is 0 Å². The molecule has 3 heteroatoms. The van der Waals surface area contributed by atoms with Crippen LogP contribution in [0.15, 0.2) is 168 Å². The summed E-state index contributed by atoms with van der Waals surface area (Å²) in [5, 5.41) is 8.84. The molecule has 0 saturated heterocycles. The maximum absolute atomic E-state index is 2.28. The van der Waals surface area contributed by atoms with Crippen molar-refractivity contribution in [2.75, 3.05) is 0 Å². The Kier molecular flexibility index (Phi) is 10.6. The molecular weight excluding hydrogens is 577 g/mol. The summed E-state index contributed by atoms with van der Waals surface area (Å²) in [7, 11) is -0.707. The van der Waals surface area contributed by atoms with Crippen molar-refractivity contribution in [3.63, 3.8) is 0 Å². The van der Waals surface area contributed by atoms with Crippen LogP contribution in [-0.4, -0.2) is 0 Å². The normalized spacial score (nSPS) is 13.6. The smallest absolute Gasteiger partial charge is 0.0801 e. The van der Waals surface area contributed by atoms with Crippen LogP contribution in [-0.2, 0) is 20.4 Å². The van der Waals surface area contributed by atoms with Gasteiger partial charge in [0, 0.05) is 0 Å². The zero-order chi connectivity index (χ0) is 24.4. The largest absolute Gasteiger partial charge is 2.00 e. The zero-order valence-corrected chi connectivity index (χ0v) is 24.0. The average Bonchev–Trinajstić information content (AvgIpc) is 3.68. The minimum atomic E-state index is -0.353. The van der Waals surface area contributed by atoms with E-state index in [4.69, 9.17) is 0 Å². The molecule has 0 N–H and O–H groups in total. The molecular formula is C34H30P2Pd+2. The van der Waals surface area contributed by atoms with Gasteiger partial charge < -0.3 is 0 Å². The molecule has 2 aliphatic rings. The van der Waals surface area contributed by atoms with Gasteiger partial charge in [-0.2, -0.15) is 0 Å². The summed E-state index contributed by atoms with van der Waals surface area (Å²) in [5.41, 5.74) is 0. The summed E-state index contributed by atoms with van der Waals surface area (Å²) in [6.45, 7) is 0. The fourth-order valence-electron chi connectivity index (χ4n) is 4.47. The Bertz CT molecular complexity index is 1170. The molecule has 0 amide bonds. The topological polar surface area (TPSA) is 0 Å². The average molecular weight is 607 g/mol. The van der Waals surface area contributed by atoms with Gasteiger partial charge in [0.2, 0.25) is 0 Å². The SMILES string of the molecule is C1=CCC(P(c2ccccc2)c2ccccc2)=C1.C1=CCC(P(c2ccccc2)c2ccccc2)=C1.[Pd+2]. The second kappa shape index (κ2) is 14.3. The Labute approximate surface area is 237 Å². The van der Waals surface area contributed by atoms with E-state index in [9.17, 15) is 0 Å². The van der Waals surface area contributed by atoms with Crippen LogP contribution >= 0.6 is 15.8 Å². The maximum atomic E-state index is 2.28. The number of hydrogen-bond acceptors (Lipinski definition) is 0. The summed E-state index contributed by atoms with van der Waals surface area (Å²) < 4.78 is 0. The second-order valence-corrected chi connectivity index (χ2v) is 13.1. The first-order chi connectivity index (χ1) is 17.9. The molecule has 0 atom stereocenters. The Morgan fingerprint density at radius 2 is 0.649 bits per heavy atom. The fourth-order valence-corrected chi connectivity index (χ4v) is 9.32. The number of benzene rings is 4. The molecule has 0 heterocycles. The molecule has 0 spiro atoms. The number of hydrogen-bond donors (Lipinski definition) is 0. The van der Waals surface area contributed by atoms with Crippen LogP contribution in [0, 0.1) is 0 Å². The Morgan fingerprint density at radius 1 is 0.378 bits per heavy atom. The maximum Gasteiger partial charge on any atom is 2.00 e. The van der Waals surface area contributed by atoms with E-state index in [1.807, 2.05) is 0 Å². The third-order valence-corrected chi connectivity index (χ3v) is 11.2. The molecule has 4 aromatic carbocycles. The van der Waals surface area contributed by atoms with Gasteiger partial charge in [-0.25, -0.2) is 0 Å². The van der Waals surface area contributed by atoms with E-state index in [-0.39, 0.29) is 36.3 Å². The molecule has 4 aromatic rings. The van der Waals surface area contributed by atoms with Gasteiger partial charge in [-0.1, -0.05) is 158 Å². The van der Waals surface area contributed by atoms with Gasteiger partial charge in [0.25, 0.3) is 0 Å². The molecule has 0 aromatic heterocycles. The van der Waals surface area contributed by atoms with Gasteiger partial charge in [-0.3, -0.25) is 0 Å². The summed E-state index contributed by atoms with van der Waals surface area (Å²) in [5.74, 6) is 0. The van der Waals surface area contributed by atoms with Crippen molar-refractivity contribution in [3.8, 4) is 0 Å². The zero-order valence-electron chi connectivity index (χ0n) is 20.6. The van der Waals surface area contributed by atoms with Crippen molar-refractivity contribution in [2.24, 2.45) is 0 Å². The summed E-state index contributed by atoms with van der Waals surface area (Å²) in [6.07, 6.45) is 15.6. The molecule has 0 fully saturated rings. The molecule has 0 nitrogen and oxygen atoms in total. The van der Waals surface area contributed by atoms with Crippen molar-refractivity contribution in [3.05, 3.63) is 168 Å². The van der Waals surface area contributed by atoms with Crippen molar-refractivity contribution < 1.29 is 20.4 Å². The van der Waals surface area contributed by atoms with Crippen LogP contribution in [0.2, 0.25) is 0 Å². The summed E-state index contributed by atoms with van der Waals surface area (Å²) in [4.78, 5) is 0. The Hall–Kier alpha value is -2.64. The van der Waals surface area contributed by atoms with Crippen LogP contribution in [0.5, 0.6) is 0 Å². The predicted molar refractivity (Wildman–Crippen MR) is 162 cm³/mol. The van der Waals surface area contributed by atoms with Gasteiger partial charge in [0.05, 0.1) is 0 Å². The molecule has 0 unspecified atom stereocenters. The third kappa shape index (κ3) is 7.23. The molecule has 0 radical (unpaired) electrons. The first-order valence-corrected chi connectivity index (χ1v) is 15.1. The van der Waals surface area contributed by atoms with Crippen molar-refractivity contribution in [1.82, 2.24) is 0 Å². The molecule has 2 aliphatic carbocycles. The van der Waals surface area contributed by atoms with E-state index in [1.165, 1.54) is 21.2 Å². The van der Waals surface area contributed by atoms with Crippen LogP contribution in [0.1, 0.15) is 12.8 Å². The van der Waals surface area contributed by atoms with Gasteiger partial charge >= 0.3 is 20.4 Å². The van der Waals surface area contributed by atoms with Crippen molar-refractivity contribution in [2.45, 2.75) is 12.8 Å². The van der Waals surface area contributed by atoms with Crippen molar-refractivity contribution in [1.29, 1.82) is 0 Å². The fraction of sp³-hybridized carbons (Fsp3) is 0.0588. The Balaban J connectivity index is 0.000000168. The van der Waals surface area contributed by atoms with E-state index < -0.39 is 0 Å². The van der Waals surface area contributed by atoms with Crippen LogP contribution in [0.25, 0.3) is 0 Å².